The molecule has 0 saturated heterocycles. The zero-order chi connectivity index (χ0) is 20.8. The molecule has 5 nitrogen and oxygen atoms in total. The SMILES string of the molecule is COc1ccc(C(=O)O)cc1NCc1cc(Br)ccc1OCc1ccccc1Cl. The molecule has 0 spiro atoms. The molecule has 0 amide bonds. The van der Waals surface area contributed by atoms with Crippen molar-refractivity contribution in [3.8, 4) is 11.5 Å². The number of hydrogen-bond acceptors (Lipinski definition) is 4. The fourth-order valence-electron chi connectivity index (χ4n) is 2.77. The molecule has 0 saturated carbocycles. The summed E-state index contributed by atoms with van der Waals surface area (Å²) in [5, 5.41) is 13.1. The number of rotatable bonds is 8. The van der Waals surface area contributed by atoms with Gasteiger partial charge in [-0.05, 0) is 42.5 Å². The maximum Gasteiger partial charge on any atom is 0.335 e. The Morgan fingerprint density at radius 2 is 1.83 bits per heavy atom. The maximum atomic E-state index is 11.3. The highest BCUT2D eigenvalue weighted by Gasteiger charge is 2.11. The molecule has 3 aromatic carbocycles. The van der Waals surface area contributed by atoms with Gasteiger partial charge in [-0.1, -0.05) is 45.7 Å². The molecule has 0 aliphatic carbocycles. The van der Waals surface area contributed by atoms with Gasteiger partial charge in [-0.2, -0.15) is 0 Å². The predicted octanol–water partition coefficient (Wildman–Crippen LogP) is 6.00. The van der Waals surface area contributed by atoms with Crippen LogP contribution in [0.1, 0.15) is 21.5 Å². The van der Waals surface area contributed by atoms with Gasteiger partial charge in [-0.25, -0.2) is 4.79 Å². The van der Waals surface area contributed by atoms with Crippen LogP contribution in [0, 0.1) is 0 Å². The van der Waals surface area contributed by atoms with E-state index in [9.17, 15) is 9.90 Å². The van der Waals surface area contributed by atoms with E-state index in [1.165, 1.54) is 13.2 Å². The third-order valence-corrected chi connectivity index (χ3v) is 5.14. The first-order chi connectivity index (χ1) is 14.0. The van der Waals surface area contributed by atoms with Crippen LogP contribution < -0.4 is 14.8 Å². The van der Waals surface area contributed by atoms with E-state index in [-0.39, 0.29) is 5.56 Å². The van der Waals surface area contributed by atoms with Gasteiger partial charge in [0.25, 0.3) is 0 Å². The van der Waals surface area contributed by atoms with Crippen LogP contribution in [-0.2, 0) is 13.2 Å². The number of halogens is 2. The number of methoxy groups -OCH3 is 1. The molecule has 0 fully saturated rings. The molecule has 3 rings (SSSR count). The topological polar surface area (TPSA) is 67.8 Å². The van der Waals surface area contributed by atoms with Gasteiger partial charge < -0.3 is 19.9 Å². The largest absolute Gasteiger partial charge is 0.495 e. The first-order valence-corrected chi connectivity index (χ1v) is 9.95. The predicted molar refractivity (Wildman–Crippen MR) is 117 cm³/mol. The minimum atomic E-state index is -0.998. The second-order valence-electron chi connectivity index (χ2n) is 6.21. The average Bonchev–Trinajstić information content (AvgIpc) is 2.72. The Hall–Kier alpha value is -2.70. The third kappa shape index (κ3) is 5.43. The summed E-state index contributed by atoms with van der Waals surface area (Å²) < 4.78 is 12.2. The lowest BCUT2D eigenvalue weighted by Gasteiger charge is -2.16. The van der Waals surface area contributed by atoms with E-state index in [4.69, 9.17) is 21.1 Å². The van der Waals surface area contributed by atoms with Crippen molar-refractivity contribution in [1.29, 1.82) is 0 Å². The lowest BCUT2D eigenvalue weighted by Crippen LogP contribution is -2.06. The lowest BCUT2D eigenvalue weighted by atomic mass is 10.1. The van der Waals surface area contributed by atoms with Crippen molar-refractivity contribution in [2.75, 3.05) is 12.4 Å². The molecule has 0 unspecified atom stereocenters. The number of benzene rings is 3. The number of aromatic carboxylic acids is 1. The summed E-state index contributed by atoms with van der Waals surface area (Å²) in [5.41, 5.74) is 2.56. The van der Waals surface area contributed by atoms with Gasteiger partial charge in [0.1, 0.15) is 18.1 Å². The van der Waals surface area contributed by atoms with Crippen LogP contribution in [0.2, 0.25) is 5.02 Å². The average molecular weight is 477 g/mol. The molecule has 0 atom stereocenters. The van der Waals surface area contributed by atoms with E-state index in [0.29, 0.717) is 35.4 Å². The van der Waals surface area contributed by atoms with E-state index < -0.39 is 5.97 Å². The maximum absolute atomic E-state index is 11.3. The molecule has 29 heavy (non-hydrogen) atoms. The summed E-state index contributed by atoms with van der Waals surface area (Å²) in [6.07, 6.45) is 0. The molecule has 0 bridgehead atoms. The van der Waals surface area contributed by atoms with Crippen molar-refractivity contribution < 1.29 is 19.4 Å². The fraction of sp³-hybridized carbons (Fsp3) is 0.136. The van der Waals surface area contributed by atoms with Crippen LogP contribution in [0.5, 0.6) is 11.5 Å². The van der Waals surface area contributed by atoms with E-state index >= 15 is 0 Å². The van der Waals surface area contributed by atoms with Crippen molar-refractivity contribution in [2.45, 2.75) is 13.2 Å². The van der Waals surface area contributed by atoms with Gasteiger partial charge in [0.05, 0.1) is 18.4 Å². The van der Waals surface area contributed by atoms with E-state index in [0.717, 1.165) is 15.6 Å². The highest BCUT2D eigenvalue weighted by atomic mass is 79.9. The molecular weight excluding hydrogens is 458 g/mol. The zero-order valence-corrected chi connectivity index (χ0v) is 18.0. The minimum absolute atomic E-state index is 0.178. The van der Waals surface area contributed by atoms with Gasteiger partial charge in [0.2, 0.25) is 0 Å². The standard InChI is InChI=1S/C22H19BrClNO4/c1-28-21-8-6-14(22(26)27)11-19(21)25-12-16-10-17(23)7-9-20(16)29-13-15-4-2-3-5-18(15)24/h2-11,25H,12-13H2,1H3,(H,26,27). The van der Waals surface area contributed by atoms with E-state index in [1.54, 1.807) is 12.1 Å². The normalized spacial score (nSPS) is 10.4. The van der Waals surface area contributed by atoms with Gasteiger partial charge >= 0.3 is 5.97 Å². The lowest BCUT2D eigenvalue weighted by molar-refractivity contribution is 0.0697. The Morgan fingerprint density at radius 1 is 1.07 bits per heavy atom. The summed E-state index contributed by atoms with van der Waals surface area (Å²) in [6.45, 7) is 0.753. The number of hydrogen-bond donors (Lipinski definition) is 2. The van der Waals surface area contributed by atoms with Crippen LogP contribution in [0.25, 0.3) is 0 Å². The first-order valence-electron chi connectivity index (χ1n) is 8.77. The molecule has 0 radical (unpaired) electrons. The highest BCUT2D eigenvalue weighted by molar-refractivity contribution is 9.10. The highest BCUT2D eigenvalue weighted by Crippen LogP contribution is 2.29. The number of anilines is 1. The molecule has 3 aromatic rings. The molecule has 0 aromatic heterocycles. The Morgan fingerprint density at radius 3 is 2.55 bits per heavy atom. The smallest absolute Gasteiger partial charge is 0.335 e. The van der Waals surface area contributed by atoms with Crippen LogP contribution in [0.15, 0.2) is 65.1 Å². The Kier molecular flexibility index (Phi) is 7.01. The van der Waals surface area contributed by atoms with Crippen LogP contribution in [0.4, 0.5) is 5.69 Å². The number of carboxylic acid groups (broad SMARTS) is 1. The molecule has 7 heteroatoms. The molecule has 0 aliphatic heterocycles. The number of carbonyl (C=O) groups is 1. The zero-order valence-electron chi connectivity index (χ0n) is 15.6. The van der Waals surface area contributed by atoms with Gasteiger partial charge in [-0.15, -0.1) is 0 Å². The number of ether oxygens (including phenoxy) is 2. The van der Waals surface area contributed by atoms with Crippen LogP contribution in [0.3, 0.4) is 0 Å². The van der Waals surface area contributed by atoms with Crippen molar-refractivity contribution in [2.24, 2.45) is 0 Å². The number of carboxylic acids is 1. The summed E-state index contributed by atoms with van der Waals surface area (Å²) >= 11 is 9.69. The fourth-order valence-corrected chi connectivity index (χ4v) is 3.37. The van der Waals surface area contributed by atoms with Crippen molar-refractivity contribution in [3.05, 3.63) is 86.8 Å². The summed E-state index contributed by atoms with van der Waals surface area (Å²) in [5.74, 6) is 0.263. The molecule has 0 heterocycles. The molecule has 150 valence electrons. The number of nitrogens with one attached hydrogen (secondary N) is 1. The van der Waals surface area contributed by atoms with Crippen molar-refractivity contribution in [3.63, 3.8) is 0 Å². The third-order valence-electron chi connectivity index (χ3n) is 4.28. The molecular formula is C22H19BrClNO4. The van der Waals surface area contributed by atoms with Crippen molar-refractivity contribution in [1.82, 2.24) is 0 Å². The monoisotopic (exact) mass is 475 g/mol. The molecule has 2 N–H and O–H groups in total. The van der Waals surface area contributed by atoms with Gasteiger partial charge in [0, 0.05) is 27.2 Å². The van der Waals surface area contributed by atoms with Crippen LogP contribution >= 0.6 is 27.5 Å². The summed E-state index contributed by atoms with van der Waals surface area (Å²) in [7, 11) is 1.54. The summed E-state index contributed by atoms with van der Waals surface area (Å²) in [4.78, 5) is 11.3. The quantitative estimate of drug-likeness (QED) is 0.417. The first kappa shape index (κ1) is 21.0. The Balaban J connectivity index is 1.79. The second-order valence-corrected chi connectivity index (χ2v) is 7.53. The van der Waals surface area contributed by atoms with E-state index in [2.05, 4.69) is 21.2 Å². The Labute approximate surface area is 182 Å². The van der Waals surface area contributed by atoms with Crippen molar-refractivity contribution >= 4 is 39.2 Å². The second kappa shape index (κ2) is 9.67. The van der Waals surface area contributed by atoms with E-state index in [1.807, 2.05) is 42.5 Å². The summed E-state index contributed by atoms with van der Waals surface area (Å²) in [6, 6.07) is 17.9. The van der Waals surface area contributed by atoms with Gasteiger partial charge in [0.15, 0.2) is 0 Å². The molecule has 0 aliphatic rings. The van der Waals surface area contributed by atoms with Gasteiger partial charge in [-0.3, -0.25) is 0 Å². The van der Waals surface area contributed by atoms with Crippen LogP contribution in [-0.4, -0.2) is 18.2 Å². The Bertz CT molecular complexity index is 1030. The minimum Gasteiger partial charge on any atom is -0.495 e.